The minimum atomic E-state index is -0.546. The summed E-state index contributed by atoms with van der Waals surface area (Å²) in [6.45, 7) is 0.372. The van der Waals surface area contributed by atoms with E-state index < -0.39 is 5.82 Å². The van der Waals surface area contributed by atoms with E-state index in [-0.39, 0.29) is 24.0 Å². The lowest BCUT2D eigenvalue weighted by Crippen LogP contribution is -2.25. The van der Waals surface area contributed by atoms with Crippen LogP contribution in [-0.2, 0) is 4.79 Å². The summed E-state index contributed by atoms with van der Waals surface area (Å²) in [4.78, 5) is 13.3. The van der Waals surface area contributed by atoms with E-state index in [0.717, 1.165) is 0 Å². The second-order valence-electron chi connectivity index (χ2n) is 4.23. The summed E-state index contributed by atoms with van der Waals surface area (Å²) >= 11 is 0. The third-order valence-electron chi connectivity index (χ3n) is 3.10. The Labute approximate surface area is 111 Å². The van der Waals surface area contributed by atoms with Crippen LogP contribution >= 0.6 is 0 Å². The molecule has 1 saturated heterocycles. The summed E-state index contributed by atoms with van der Waals surface area (Å²) in [5.41, 5.74) is 0.378. The second-order valence-corrected chi connectivity index (χ2v) is 4.23. The van der Waals surface area contributed by atoms with Gasteiger partial charge in [-0.25, -0.2) is 4.39 Å². The number of rotatable bonds is 3. The summed E-state index contributed by atoms with van der Waals surface area (Å²) in [6, 6.07) is 2.65. The molecule has 0 aliphatic carbocycles. The summed E-state index contributed by atoms with van der Waals surface area (Å²) in [5.74, 6) is 2.17. The Kier molecular flexibility index (Phi) is 3.61. The molecule has 0 saturated carbocycles. The SMILES string of the molecule is C#CC1CC(=O)N(c2cc(F)c(OC)cc2OC)C1. The van der Waals surface area contributed by atoms with Crippen molar-refractivity contribution >= 4 is 11.6 Å². The molecule has 2 rings (SSSR count). The van der Waals surface area contributed by atoms with Crippen LogP contribution in [0.3, 0.4) is 0 Å². The highest BCUT2D eigenvalue weighted by Crippen LogP contribution is 2.37. The number of nitrogens with zero attached hydrogens (tertiary/aromatic N) is 1. The van der Waals surface area contributed by atoms with Gasteiger partial charge in [0.05, 0.1) is 19.9 Å². The number of hydrogen-bond acceptors (Lipinski definition) is 3. The molecule has 1 heterocycles. The number of amides is 1. The molecule has 0 bridgehead atoms. The number of benzene rings is 1. The van der Waals surface area contributed by atoms with E-state index in [1.807, 2.05) is 0 Å². The highest BCUT2D eigenvalue weighted by Gasteiger charge is 2.31. The van der Waals surface area contributed by atoms with E-state index in [2.05, 4.69) is 5.92 Å². The molecule has 1 unspecified atom stereocenters. The zero-order valence-electron chi connectivity index (χ0n) is 10.8. The van der Waals surface area contributed by atoms with Gasteiger partial charge in [0.2, 0.25) is 5.91 Å². The normalized spacial score (nSPS) is 18.3. The smallest absolute Gasteiger partial charge is 0.228 e. The van der Waals surface area contributed by atoms with Gasteiger partial charge in [-0.05, 0) is 0 Å². The molecule has 0 aromatic heterocycles. The molecule has 5 heteroatoms. The van der Waals surface area contributed by atoms with E-state index in [0.29, 0.717) is 18.0 Å². The van der Waals surface area contributed by atoms with Crippen LogP contribution in [0.25, 0.3) is 0 Å². The molecule has 4 nitrogen and oxygen atoms in total. The second kappa shape index (κ2) is 5.19. The molecule has 1 atom stereocenters. The van der Waals surface area contributed by atoms with Gasteiger partial charge in [-0.1, -0.05) is 0 Å². The third kappa shape index (κ3) is 2.34. The molecule has 1 aromatic carbocycles. The molecule has 1 aliphatic heterocycles. The van der Waals surface area contributed by atoms with Gasteiger partial charge in [0.15, 0.2) is 11.6 Å². The molecule has 1 aliphatic rings. The minimum absolute atomic E-state index is 0.0701. The lowest BCUT2D eigenvalue weighted by Gasteiger charge is -2.20. The molecule has 19 heavy (non-hydrogen) atoms. The molecule has 0 N–H and O–H groups in total. The van der Waals surface area contributed by atoms with Crippen LogP contribution in [0.2, 0.25) is 0 Å². The van der Waals surface area contributed by atoms with Gasteiger partial charge in [-0.15, -0.1) is 12.3 Å². The zero-order chi connectivity index (χ0) is 14.0. The number of carbonyl (C=O) groups is 1. The molecule has 0 radical (unpaired) electrons. The predicted molar refractivity (Wildman–Crippen MR) is 68.8 cm³/mol. The van der Waals surface area contributed by atoms with Crippen LogP contribution in [0.5, 0.6) is 11.5 Å². The van der Waals surface area contributed by atoms with Gasteiger partial charge >= 0.3 is 0 Å². The molecule has 0 spiro atoms. The first-order chi connectivity index (χ1) is 9.10. The van der Waals surface area contributed by atoms with E-state index >= 15 is 0 Å². The van der Waals surface area contributed by atoms with Crippen molar-refractivity contribution in [2.45, 2.75) is 6.42 Å². The average Bonchev–Trinajstić information content (AvgIpc) is 2.79. The average molecular weight is 263 g/mol. The molecular formula is C14H14FNO3. The highest BCUT2D eigenvalue weighted by molar-refractivity contribution is 5.97. The van der Waals surface area contributed by atoms with Crippen molar-refractivity contribution in [2.75, 3.05) is 25.7 Å². The van der Waals surface area contributed by atoms with Crippen molar-refractivity contribution in [3.05, 3.63) is 17.9 Å². The van der Waals surface area contributed by atoms with Crippen LogP contribution in [0, 0.1) is 24.1 Å². The van der Waals surface area contributed by atoms with Crippen LogP contribution in [0.1, 0.15) is 6.42 Å². The molecule has 1 aromatic rings. The highest BCUT2D eigenvalue weighted by atomic mass is 19.1. The first-order valence-electron chi connectivity index (χ1n) is 5.78. The van der Waals surface area contributed by atoms with Crippen molar-refractivity contribution in [3.63, 3.8) is 0 Å². The molecule has 100 valence electrons. The Bertz CT molecular complexity index is 550. The summed E-state index contributed by atoms with van der Waals surface area (Å²) in [7, 11) is 2.82. The largest absolute Gasteiger partial charge is 0.494 e. The van der Waals surface area contributed by atoms with Gasteiger partial charge in [-0.2, -0.15) is 0 Å². The lowest BCUT2D eigenvalue weighted by molar-refractivity contribution is -0.117. The van der Waals surface area contributed by atoms with E-state index in [4.69, 9.17) is 15.9 Å². The predicted octanol–water partition coefficient (Wildman–Crippen LogP) is 1.83. The standard InChI is InChI=1S/C14H14FNO3/c1-4-9-5-14(17)16(8-9)11-6-10(15)12(18-2)7-13(11)19-3/h1,6-7,9H,5,8H2,2-3H3. The number of methoxy groups -OCH3 is 2. The number of anilines is 1. The van der Waals surface area contributed by atoms with Crippen molar-refractivity contribution in [2.24, 2.45) is 5.92 Å². The fourth-order valence-electron chi connectivity index (χ4n) is 2.11. The Morgan fingerprint density at radius 3 is 2.58 bits per heavy atom. The van der Waals surface area contributed by atoms with Gasteiger partial charge < -0.3 is 14.4 Å². The van der Waals surface area contributed by atoms with E-state index in [1.54, 1.807) is 0 Å². The van der Waals surface area contributed by atoms with Crippen LogP contribution < -0.4 is 14.4 Å². The van der Waals surface area contributed by atoms with Crippen molar-refractivity contribution in [1.29, 1.82) is 0 Å². The number of hydrogen-bond donors (Lipinski definition) is 0. The maximum atomic E-state index is 13.8. The van der Waals surface area contributed by atoms with Gasteiger partial charge in [0.1, 0.15) is 5.75 Å². The van der Waals surface area contributed by atoms with Crippen molar-refractivity contribution in [3.8, 4) is 23.8 Å². The fraction of sp³-hybridized carbons (Fsp3) is 0.357. The topological polar surface area (TPSA) is 38.8 Å². The first kappa shape index (κ1) is 13.2. The Balaban J connectivity index is 2.42. The monoisotopic (exact) mass is 263 g/mol. The first-order valence-corrected chi connectivity index (χ1v) is 5.78. The zero-order valence-corrected chi connectivity index (χ0v) is 10.8. The van der Waals surface area contributed by atoms with Crippen molar-refractivity contribution < 1.29 is 18.7 Å². The van der Waals surface area contributed by atoms with Gasteiger partial charge in [0.25, 0.3) is 0 Å². The Morgan fingerprint density at radius 2 is 2.05 bits per heavy atom. The number of carbonyl (C=O) groups excluding carboxylic acids is 1. The Morgan fingerprint density at radius 1 is 1.37 bits per heavy atom. The van der Waals surface area contributed by atoms with Crippen LogP contribution in [0.15, 0.2) is 12.1 Å². The number of ether oxygens (including phenoxy) is 2. The fourth-order valence-corrected chi connectivity index (χ4v) is 2.11. The van der Waals surface area contributed by atoms with Gasteiger partial charge in [-0.3, -0.25) is 4.79 Å². The molecule has 1 amide bonds. The van der Waals surface area contributed by atoms with E-state index in [1.165, 1.54) is 31.3 Å². The quantitative estimate of drug-likeness (QED) is 0.781. The van der Waals surface area contributed by atoms with Crippen LogP contribution in [-0.4, -0.2) is 26.7 Å². The summed E-state index contributed by atoms with van der Waals surface area (Å²) in [6.07, 6.45) is 5.60. The Hall–Kier alpha value is -2.22. The third-order valence-corrected chi connectivity index (χ3v) is 3.10. The van der Waals surface area contributed by atoms with Crippen molar-refractivity contribution in [1.82, 2.24) is 0 Å². The summed E-state index contributed by atoms with van der Waals surface area (Å²) < 4.78 is 23.8. The maximum absolute atomic E-state index is 13.8. The minimum Gasteiger partial charge on any atom is -0.494 e. The number of halogens is 1. The van der Waals surface area contributed by atoms with Crippen LogP contribution in [0.4, 0.5) is 10.1 Å². The summed E-state index contributed by atoms with van der Waals surface area (Å²) in [5, 5.41) is 0. The number of terminal acetylenes is 1. The maximum Gasteiger partial charge on any atom is 0.228 e. The lowest BCUT2D eigenvalue weighted by atomic mass is 10.1. The molecule has 1 fully saturated rings. The van der Waals surface area contributed by atoms with Gasteiger partial charge in [0, 0.05) is 31.0 Å². The van der Waals surface area contributed by atoms with E-state index in [9.17, 15) is 9.18 Å². The molecular weight excluding hydrogens is 249 g/mol.